The number of rotatable bonds is 2. The Balaban J connectivity index is 2.59. The van der Waals surface area contributed by atoms with Crippen LogP contribution in [0.15, 0.2) is 24.4 Å². The van der Waals surface area contributed by atoms with Crippen LogP contribution < -0.4 is 5.73 Å². The van der Waals surface area contributed by atoms with E-state index in [0.29, 0.717) is 0 Å². The fourth-order valence-corrected chi connectivity index (χ4v) is 1.95. The number of hydrogen-bond acceptors (Lipinski definition) is 1. The fraction of sp³-hybridized carbons (Fsp3) is 0.333. The Morgan fingerprint density at radius 3 is 2.86 bits per heavy atom. The maximum Gasteiger partial charge on any atom is 0.0483 e. The van der Waals surface area contributed by atoms with Crippen LogP contribution in [0.2, 0.25) is 0 Å². The van der Waals surface area contributed by atoms with Gasteiger partial charge in [0.15, 0.2) is 0 Å². The van der Waals surface area contributed by atoms with Gasteiger partial charge in [-0.1, -0.05) is 12.1 Å². The smallest absolute Gasteiger partial charge is 0.0483 e. The quantitative estimate of drug-likeness (QED) is 0.767. The van der Waals surface area contributed by atoms with E-state index in [1.165, 1.54) is 22.0 Å². The molecule has 0 atom stereocenters. The molecule has 0 aliphatic carbocycles. The summed E-state index contributed by atoms with van der Waals surface area (Å²) in [7, 11) is 2.08. The van der Waals surface area contributed by atoms with Crippen LogP contribution in [0.4, 0.5) is 0 Å². The van der Waals surface area contributed by atoms with Crippen LogP contribution in [0.5, 0.6) is 0 Å². The van der Waals surface area contributed by atoms with Crippen LogP contribution in [0, 0.1) is 6.92 Å². The first kappa shape index (κ1) is 9.28. The van der Waals surface area contributed by atoms with Crippen LogP contribution in [0.1, 0.15) is 11.1 Å². The molecule has 1 aromatic heterocycles. The molecule has 0 aliphatic heterocycles. The maximum absolute atomic E-state index is 5.54. The molecular weight excluding hydrogens is 172 g/mol. The van der Waals surface area contributed by atoms with Gasteiger partial charge in [0.25, 0.3) is 0 Å². The Bertz CT molecular complexity index is 455. The first-order valence-electron chi connectivity index (χ1n) is 4.97. The van der Waals surface area contributed by atoms with Crippen molar-refractivity contribution in [2.45, 2.75) is 13.3 Å². The fourth-order valence-electron chi connectivity index (χ4n) is 1.95. The molecule has 0 aliphatic rings. The number of fused-ring (bicyclic) bond motifs is 1. The van der Waals surface area contributed by atoms with Crippen LogP contribution in [0.25, 0.3) is 10.9 Å². The lowest BCUT2D eigenvalue weighted by atomic mass is 10.1. The summed E-state index contributed by atoms with van der Waals surface area (Å²) in [5.41, 5.74) is 9.50. The molecule has 2 heteroatoms. The highest BCUT2D eigenvalue weighted by Crippen LogP contribution is 2.21. The third-order valence-corrected chi connectivity index (χ3v) is 2.69. The summed E-state index contributed by atoms with van der Waals surface area (Å²) < 4.78 is 2.17. The predicted octanol–water partition coefficient (Wildman–Crippen LogP) is 1.99. The SMILES string of the molecule is Cc1cn(C)c2cc(CCN)ccc12. The van der Waals surface area contributed by atoms with Crippen molar-refractivity contribution < 1.29 is 0 Å². The number of nitrogens with two attached hydrogens (primary N) is 1. The van der Waals surface area contributed by atoms with Gasteiger partial charge in [0.1, 0.15) is 0 Å². The summed E-state index contributed by atoms with van der Waals surface area (Å²) in [6.45, 7) is 2.86. The summed E-state index contributed by atoms with van der Waals surface area (Å²) in [6.07, 6.45) is 3.12. The average Bonchev–Trinajstić information content (AvgIpc) is 2.43. The highest BCUT2D eigenvalue weighted by Gasteiger charge is 2.02. The van der Waals surface area contributed by atoms with Gasteiger partial charge in [0.05, 0.1) is 0 Å². The minimum Gasteiger partial charge on any atom is -0.350 e. The molecule has 0 amide bonds. The van der Waals surface area contributed by atoms with E-state index in [-0.39, 0.29) is 0 Å². The number of nitrogens with zero attached hydrogens (tertiary/aromatic N) is 1. The standard InChI is InChI=1S/C12H16N2/c1-9-8-14(2)12-7-10(5-6-13)3-4-11(9)12/h3-4,7-8H,5-6,13H2,1-2H3. The Hall–Kier alpha value is -1.28. The average molecular weight is 188 g/mol. The van der Waals surface area contributed by atoms with Crippen molar-refractivity contribution in [3.8, 4) is 0 Å². The molecule has 14 heavy (non-hydrogen) atoms. The summed E-state index contributed by atoms with van der Waals surface area (Å²) in [5, 5.41) is 1.34. The zero-order valence-corrected chi connectivity index (χ0v) is 8.75. The van der Waals surface area contributed by atoms with Gasteiger partial charge in [0, 0.05) is 24.1 Å². The van der Waals surface area contributed by atoms with E-state index in [0.717, 1.165) is 13.0 Å². The molecule has 0 saturated carbocycles. The largest absolute Gasteiger partial charge is 0.350 e. The second kappa shape index (κ2) is 3.46. The van der Waals surface area contributed by atoms with Gasteiger partial charge in [-0.3, -0.25) is 0 Å². The van der Waals surface area contributed by atoms with Gasteiger partial charge < -0.3 is 10.3 Å². The van der Waals surface area contributed by atoms with E-state index < -0.39 is 0 Å². The van der Waals surface area contributed by atoms with Gasteiger partial charge in [-0.25, -0.2) is 0 Å². The second-order valence-electron chi connectivity index (χ2n) is 3.81. The lowest BCUT2D eigenvalue weighted by Crippen LogP contribution is -2.02. The molecule has 2 aromatic rings. The lowest BCUT2D eigenvalue weighted by Gasteiger charge is -2.01. The minimum absolute atomic E-state index is 0.717. The van der Waals surface area contributed by atoms with Crippen LogP contribution >= 0.6 is 0 Å². The normalized spacial score (nSPS) is 11.1. The number of hydrogen-bond donors (Lipinski definition) is 1. The zero-order valence-electron chi connectivity index (χ0n) is 8.75. The van der Waals surface area contributed by atoms with Gasteiger partial charge in [-0.15, -0.1) is 0 Å². The zero-order chi connectivity index (χ0) is 10.1. The summed E-state index contributed by atoms with van der Waals surface area (Å²) in [6, 6.07) is 6.59. The van der Waals surface area contributed by atoms with Crippen molar-refractivity contribution in [3.63, 3.8) is 0 Å². The number of aromatic nitrogens is 1. The molecule has 2 nitrogen and oxygen atoms in total. The van der Waals surface area contributed by atoms with Crippen molar-refractivity contribution in [3.05, 3.63) is 35.5 Å². The third kappa shape index (κ3) is 1.42. The van der Waals surface area contributed by atoms with Gasteiger partial charge in [0.2, 0.25) is 0 Å². The second-order valence-corrected chi connectivity index (χ2v) is 3.81. The van der Waals surface area contributed by atoms with Crippen LogP contribution in [0.3, 0.4) is 0 Å². The molecule has 0 saturated heterocycles. The molecule has 0 radical (unpaired) electrons. The topological polar surface area (TPSA) is 30.9 Å². The molecule has 74 valence electrons. The van der Waals surface area contributed by atoms with Crippen molar-refractivity contribution in [1.82, 2.24) is 4.57 Å². The van der Waals surface area contributed by atoms with Gasteiger partial charge in [-0.05, 0) is 37.1 Å². The summed E-state index contributed by atoms with van der Waals surface area (Å²) in [5.74, 6) is 0. The molecular formula is C12H16N2. The Morgan fingerprint density at radius 2 is 2.14 bits per heavy atom. The van der Waals surface area contributed by atoms with Crippen molar-refractivity contribution >= 4 is 10.9 Å². The highest BCUT2D eigenvalue weighted by atomic mass is 14.9. The minimum atomic E-state index is 0.717. The molecule has 0 unspecified atom stereocenters. The molecule has 0 bridgehead atoms. The van der Waals surface area contributed by atoms with Gasteiger partial charge in [-0.2, -0.15) is 0 Å². The van der Waals surface area contributed by atoms with E-state index in [9.17, 15) is 0 Å². The molecule has 1 aromatic carbocycles. The van der Waals surface area contributed by atoms with Crippen molar-refractivity contribution in [2.24, 2.45) is 12.8 Å². The summed E-state index contributed by atoms with van der Waals surface area (Å²) in [4.78, 5) is 0. The highest BCUT2D eigenvalue weighted by molar-refractivity contribution is 5.84. The molecule has 2 N–H and O–H groups in total. The first-order valence-corrected chi connectivity index (χ1v) is 4.97. The maximum atomic E-state index is 5.54. The first-order chi connectivity index (χ1) is 6.72. The lowest BCUT2D eigenvalue weighted by molar-refractivity contribution is 0.949. The Kier molecular flexibility index (Phi) is 2.30. The monoisotopic (exact) mass is 188 g/mol. The van der Waals surface area contributed by atoms with E-state index in [4.69, 9.17) is 5.73 Å². The molecule has 1 heterocycles. The Morgan fingerprint density at radius 1 is 1.36 bits per heavy atom. The molecule has 0 fully saturated rings. The summed E-state index contributed by atoms with van der Waals surface area (Å²) >= 11 is 0. The van der Waals surface area contributed by atoms with E-state index >= 15 is 0 Å². The van der Waals surface area contributed by atoms with E-state index in [1.807, 2.05) is 0 Å². The Labute approximate surface area is 84.3 Å². The van der Waals surface area contributed by atoms with Gasteiger partial charge >= 0.3 is 0 Å². The van der Waals surface area contributed by atoms with Crippen molar-refractivity contribution in [1.29, 1.82) is 0 Å². The number of aryl methyl sites for hydroxylation is 2. The predicted molar refractivity (Wildman–Crippen MR) is 60.4 cm³/mol. The van der Waals surface area contributed by atoms with Crippen molar-refractivity contribution in [2.75, 3.05) is 6.54 Å². The molecule has 2 rings (SSSR count). The van der Waals surface area contributed by atoms with E-state index in [1.54, 1.807) is 0 Å². The van der Waals surface area contributed by atoms with Crippen LogP contribution in [-0.4, -0.2) is 11.1 Å². The third-order valence-electron chi connectivity index (χ3n) is 2.69. The van der Waals surface area contributed by atoms with Crippen LogP contribution in [-0.2, 0) is 13.5 Å². The molecule has 0 spiro atoms. The number of benzene rings is 1. The van der Waals surface area contributed by atoms with E-state index in [2.05, 4.69) is 42.9 Å².